The van der Waals surface area contributed by atoms with Crippen molar-refractivity contribution in [3.05, 3.63) is 30.0 Å². The van der Waals surface area contributed by atoms with E-state index in [0.29, 0.717) is 18.0 Å². The van der Waals surface area contributed by atoms with Gasteiger partial charge >= 0.3 is 5.97 Å². The molecule has 0 aliphatic carbocycles. The predicted molar refractivity (Wildman–Crippen MR) is 68.6 cm³/mol. The summed E-state index contributed by atoms with van der Waals surface area (Å²) in [4.78, 5) is 25.7. The summed E-state index contributed by atoms with van der Waals surface area (Å²) in [6.45, 7) is 3.52. The van der Waals surface area contributed by atoms with Crippen molar-refractivity contribution in [3.8, 4) is 0 Å². The standard InChI is InChI=1S/C13H14N2O3/c1-3-18-13(17)11-7-9-5-4-6-10(12(9)15-11)14-8(2)16/h4-7,15H,3H2,1-2H3,(H,14,16). The number of hydrogen-bond donors (Lipinski definition) is 2. The Morgan fingerprint density at radius 1 is 1.39 bits per heavy atom. The highest BCUT2D eigenvalue weighted by molar-refractivity contribution is 6.03. The normalized spacial score (nSPS) is 10.3. The van der Waals surface area contributed by atoms with Gasteiger partial charge in [0.1, 0.15) is 5.69 Å². The van der Waals surface area contributed by atoms with E-state index in [1.807, 2.05) is 12.1 Å². The van der Waals surface area contributed by atoms with Gasteiger partial charge in [-0.3, -0.25) is 4.79 Å². The molecule has 0 fully saturated rings. The van der Waals surface area contributed by atoms with E-state index in [4.69, 9.17) is 4.74 Å². The smallest absolute Gasteiger partial charge is 0.354 e. The lowest BCUT2D eigenvalue weighted by Gasteiger charge is -2.03. The number of fused-ring (bicyclic) bond motifs is 1. The number of amides is 1. The Labute approximate surface area is 104 Å². The Balaban J connectivity index is 2.44. The largest absolute Gasteiger partial charge is 0.461 e. The van der Waals surface area contributed by atoms with Crippen LogP contribution in [0.5, 0.6) is 0 Å². The molecule has 0 radical (unpaired) electrons. The summed E-state index contributed by atoms with van der Waals surface area (Å²) in [5.74, 6) is -0.558. The first-order chi connectivity index (χ1) is 8.61. The first-order valence-corrected chi connectivity index (χ1v) is 5.68. The number of aromatic nitrogens is 1. The van der Waals surface area contributed by atoms with Gasteiger partial charge in [0.15, 0.2) is 0 Å². The number of nitrogens with one attached hydrogen (secondary N) is 2. The third kappa shape index (κ3) is 2.34. The van der Waals surface area contributed by atoms with Gasteiger partial charge in [-0.2, -0.15) is 0 Å². The molecule has 94 valence electrons. The fourth-order valence-corrected chi connectivity index (χ4v) is 1.77. The first-order valence-electron chi connectivity index (χ1n) is 5.68. The molecule has 5 heteroatoms. The van der Waals surface area contributed by atoms with Crippen LogP contribution in [-0.4, -0.2) is 23.5 Å². The van der Waals surface area contributed by atoms with Crippen LogP contribution in [0.15, 0.2) is 24.3 Å². The molecule has 0 unspecified atom stereocenters. The number of benzene rings is 1. The van der Waals surface area contributed by atoms with Gasteiger partial charge in [-0.05, 0) is 19.1 Å². The molecule has 1 aromatic heterocycles. The van der Waals surface area contributed by atoms with Gasteiger partial charge < -0.3 is 15.0 Å². The van der Waals surface area contributed by atoms with Crippen LogP contribution in [0, 0.1) is 0 Å². The summed E-state index contributed by atoms with van der Waals surface area (Å²) in [5.41, 5.74) is 1.75. The van der Waals surface area contributed by atoms with Crippen molar-refractivity contribution in [2.24, 2.45) is 0 Å². The van der Waals surface area contributed by atoms with Crippen LogP contribution in [-0.2, 0) is 9.53 Å². The maximum Gasteiger partial charge on any atom is 0.354 e. The molecule has 2 rings (SSSR count). The number of anilines is 1. The molecule has 0 saturated carbocycles. The summed E-state index contributed by atoms with van der Waals surface area (Å²) >= 11 is 0. The number of H-pyrrole nitrogens is 1. The number of carbonyl (C=O) groups excluding carboxylic acids is 2. The van der Waals surface area contributed by atoms with E-state index >= 15 is 0 Å². The highest BCUT2D eigenvalue weighted by Crippen LogP contribution is 2.24. The number of hydrogen-bond acceptors (Lipinski definition) is 3. The quantitative estimate of drug-likeness (QED) is 0.816. The maximum absolute atomic E-state index is 11.6. The van der Waals surface area contributed by atoms with Gasteiger partial charge in [-0.15, -0.1) is 0 Å². The van der Waals surface area contributed by atoms with Gasteiger partial charge in [0.25, 0.3) is 0 Å². The van der Waals surface area contributed by atoms with E-state index in [9.17, 15) is 9.59 Å². The van der Waals surface area contributed by atoms with Crippen LogP contribution in [0.1, 0.15) is 24.3 Å². The summed E-state index contributed by atoms with van der Waals surface area (Å²) in [6.07, 6.45) is 0. The minimum atomic E-state index is -0.400. The Morgan fingerprint density at radius 3 is 2.83 bits per heavy atom. The van der Waals surface area contributed by atoms with Gasteiger partial charge in [0.2, 0.25) is 5.91 Å². The van der Waals surface area contributed by atoms with Crippen molar-refractivity contribution in [2.45, 2.75) is 13.8 Å². The van der Waals surface area contributed by atoms with E-state index in [2.05, 4.69) is 10.3 Å². The molecule has 1 heterocycles. The monoisotopic (exact) mass is 246 g/mol. The van der Waals surface area contributed by atoms with Crippen LogP contribution in [0.4, 0.5) is 5.69 Å². The minimum absolute atomic E-state index is 0.158. The van der Waals surface area contributed by atoms with Crippen molar-refractivity contribution in [1.82, 2.24) is 4.98 Å². The van der Waals surface area contributed by atoms with Crippen molar-refractivity contribution in [3.63, 3.8) is 0 Å². The van der Waals surface area contributed by atoms with Crippen LogP contribution in [0.25, 0.3) is 10.9 Å². The van der Waals surface area contributed by atoms with Gasteiger partial charge in [-0.1, -0.05) is 12.1 Å². The zero-order valence-corrected chi connectivity index (χ0v) is 10.2. The molecule has 5 nitrogen and oxygen atoms in total. The molecule has 0 bridgehead atoms. The zero-order chi connectivity index (χ0) is 13.1. The second-order valence-corrected chi connectivity index (χ2v) is 3.85. The molecule has 1 aromatic carbocycles. The summed E-state index contributed by atoms with van der Waals surface area (Å²) in [7, 11) is 0. The highest BCUT2D eigenvalue weighted by atomic mass is 16.5. The van der Waals surface area contributed by atoms with Crippen LogP contribution < -0.4 is 5.32 Å². The molecular weight excluding hydrogens is 232 g/mol. The summed E-state index contributed by atoms with van der Waals surface area (Å²) in [6, 6.07) is 7.16. The molecule has 0 atom stereocenters. The second-order valence-electron chi connectivity index (χ2n) is 3.85. The third-order valence-corrected chi connectivity index (χ3v) is 2.46. The molecule has 0 aliphatic rings. The Hall–Kier alpha value is -2.30. The predicted octanol–water partition coefficient (Wildman–Crippen LogP) is 2.30. The lowest BCUT2D eigenvalue weighted by Crippen LogP contribution is -2.06. The SMILES string of the molecule is CCOC(=O)c1cc2cccc(NC(C)=O)c2[nH]1. The van der Waals surface area contributed by atoms with Gasteiger partial charge in [0, 0.05) is 12.3 Å². The zero-order valence-electron chi connectivity index (χ0n) is 10.2. The van der Waals surface area contributed by atoms with Crippen LogP contribution in [0.3, 0.4) is 0 Å². The molecule has 2 aromatic rings. The number of ether oxygens (including phenoxy) is 1. The van der Waals surface area contributed by atoms with E-state index in [-0.39, 0.29) is 5.91 Å². The van der Waals surface area contributed by atoms with Crippen LogP contribution >= 0.6 is 0 Å². The van der Waals surface area contributed by atoms with Gasteiger partial charge in [-0.25, -0.2) is 4.79 Å². The fraction of sp³-hybridized carbons (Fsp3) is 0.231. The average molecular weight is 246 g/mol. The Kier molecular flexibility index (Phi) is 3.32. The Morgan fingerprint density at radius 2 is 2.17 bits per heavy atom. The molecule has 1 amide bonds. The number of esters is 1. The number of aromatic amines is 1. The summed E-state index contributed by atoms with van der Waals surface area (Å²) < 4.78 is 4.92. The van der Waals surface area contributed by atoms with E-state index in [0.717, 1.165) is 10.9 Å². The number of para-hydroxylation sites is 1. The lowest BCUT2D eigenvalue weighted by molar-refractivity contribution is -0.114. The molecule has 0 aliphatic heterocycles. The summed E-state index contributed by atoms with van der Waals surface area (Å²) in [5, 5.41) is 3.56. The van der Waals surface area contributed by atoms with E-state index in [1.54, 1.807) is 19.1 Å². The minimum Gasteiger partial charge on any atom is -0.461 e. The van der Waals surface area contributed by atoms with E-state index in [1.165, 1.54) is 6.92 Å². The number of rotatable bonds is 3. The van der Waals surface area contributed by atoms with Gasteiger partial charge in [0.05, 0.1) is 17.8 Å². The van der Waals surface area contributed by atoms with Crippen molar-refractivity contribution < 1.29 is 14.3 Å². The molecule has 0 spiro atoms. The maximum atomic E-state index is 11.6. The third-order valence-electron chi connectivity index (χ3n) is 2.46. The molecular formula is C13H14N2O3. The highest BCUT2D eigenvalue weighted by Gasteiger charge is 2.12. The Bertz CT molecular complexity index is 601. The first kappa shape index (κ1) is 12.2. The molecule has 18 heavy (non-hydrogen) atoms. The van der Waals surface area contributed by atoms with E-state index < -0.39 is 5.97 Å². The molecule has 0 saturated heterocycles. The van der Waals surface area contributed by atoms with Crippen molar-refractivity contribution >= 4 is 28.5 Å². The fourth-order valence-electron chi connectivity index (χ4n) is 1.77. The molecule has 2 N–H and O–H groups in total. The average Bonchev–Trinajstić information content (AvgIpc) is 2.73. The topological polar surface area (TPSA) is 71.2 Å². The van der Waals surface area contributed by atoms with Crippen LogP contribution in [0.2, 0.25) is 0 Å². The van der Waals surface area contributed by atoms with Crippen molar-refractivity contribution in [1.29, 1.82) is 0 Å². The second kappa shape index (κ2) is 4.91. The number of carbonyl (C=O) groups is 2. The lowest BCUT2D eigenvalue weighted by atomic mass is 10.2. The van der Waals surface area contributed by atoms with Crippen molar-refractivity contribution in [2.75, 3.05) is 11.9 Å².